The topological polar surface area (TPSA) is 29.5 Å². The first-order chi connectivity index (χ1) is 11.8. The quantitative estimate of drug-likeness (QED) is 0.650. The molecule has 25 heavy (non-hydrogen) atoms. The Morgan fingerprint density at radius 1 is 1.28 bits per heavy atom. The van der Waals surface area contributed by atoms with Crippen molar-refractivity contribution in [2.45, 2.75) is 63.6 Å². The smallest absolute Gasteiger partial charge is 0.232 e. The third-order valence-corrected chi connectivity index (χ3v) is 8.28. The van der Waals surface area contributed by atoms with Gasteiger partial charge >= 0.3 is 0 Å². The normalized spacial score (nSPS) is 41.0. The molecular formula is C20H30ClNO2S. The number of rotatable bonds is 2. The number of likely N-dealkylation sites (tertiary alicyclic amines) is 1. The van der Waals surface area contributed by atoms with E-state index in [4.69, 9.17) is 16.3 Å². The van der Waals surface area contributed by atoms with Gasteiger partial charge in [-0.1, -0.05) is 26.8 Å². The minimum atomic E-state index is -0.157. The first kappa shape index (κ1) is 18.2. The molecule has 0 N–H and O–H groups in total. The van der Waals surface area contributed by atoms with Crippen LogP contribution >= 0.6 is 23.4 Å². The lowest BCUT2D eigenvalue weighted by atomic mass is 9.65. The van der Waals surface area contributed by atoms with E-state index in [1.807, 2.05) is 0 Å². The molecule has 3 fully saturated rings. The lowest BCUT2D eigenvalue weighted by Crippen LogP contribution is -2.41. The second-order valence-corrected chi connectivity index (χ2v) is 11.6. The van der Waals surface area contributed by atoms with E-state index in [0.717, 1.165) is 45.4 Å². The van der Waals surface area contributed by atoms with Gasteiger partial charge in [0.25, 0.3) is 0 Å². The molecule has 0 aromatic rings. The predicted octanol–water partition coefficient (Wildman–Crippen LogP) is 4.65. The maximum absolute atomic E-state index is 13.3. The molecule has 4 aliphatic rings. The van der Waals surface area contributed by atoms with E-state index in [2.05, 4.69) is 31.7 Å². The molecule has 3 aliphatic heterocycles. The van der Waals surface area contributed by atoms with E-state index in [1.54, 1.807) is 11.8 Å². The molecule has 5 heteroatoms. The molecule has 1 saturated carbocycles. The molecule has 0 aromatic carbocycles. The van der Waals surface area contributed by atoms with Crippen LogP contribution in [0, 0.1) is 22.7 Å². The van der Waals surface area contributed by atoms with Gasteiger partial charge in [0.1, 0.15) is 0 Å². The van der Waals surface area contributed by atoms with Gasteiger partial charge in [0.2, 0.25) is 5.91 Å². The Morgan fingerprint density at radius 3 is 2.72 bits per heavy atom. The van der Waals surface area contributed by atoms with Crippen molar-refractivity contribution >= 4 is 29.3 Å². The maximum Gasteiger partial charge on any atom is 0.232 e. The van der Waals surface area contributed by atoms with Crippen LogP contribution in [-0.2, 0) is 9.53 Å². The number of halogens is 1. The molecular weight excluding hydrogens is 354 g/mol. The molecule has 3 nitrogen and oxygen atoms in total. The minimum Gasteiger partial charge on any atom is -0.381 e. The summed E-state index contributed by atoms with van der Waals surface area (Å²) in [5.74, 6) is 0.642. The standard InChI is InChI=1S/C20H30ClNO2S/c1-19(2)9-14-10-20(3,11-19)12-22(14)18(23)15-8-16(25-17(15)21)13-4-6-24-7-5-13/h8,13-15,17H,4-7,9-12H2,1-3H3. The number of hydrogen-bond donors (Lipinski definition) is 0. The van der Waals surface area contributed by atoms with E-state index < -0.39 is 0 Å². The van der Waals surface area contributed by atoms with Gasteiger partial charge in [0.05, 0.1) is 10.6 Å². The lowest BCUT2D eigenvalue weighted by Gasteiger charge is -2.39. The molecule has 0 radical (unpaired) electrons. The van der Waals surface area contributed by atoms with Crippen molar-refractivity contribution in [1.82, 2.24) is 4.90 Å². The summed E-state index contributed by atoms with van der Waals surface area (Å²) in [4.78, 5) is 16.8. The highest BCUT2D eigenvalue weighted by molar-refractivity contribution is 8.05. The van der Waals surface area contributed by atoms with Crippen LogP contribution in [0.3, 0.4) is 0 Å². The summed E-state index contributed by atoms with van der Waals surface area (Å²) in [5.41, 5.74) is 0.615. The van der Waals surface area contributed by atoms with E-state index >= 15 is 0 Å². The SMILES string of the molecule is CC1(C)CC2CC(C)(CN2C(=O)C2C=C(C3CCOCC3)SC2Cl)C1. The molecule has 0 aromatic heterocycles. The zero-order chi connectivity index (χ0) is 17.8. The monoisotopic (exact) mass is 383 g/mol. The maximum atomic E-state index is 13.3. The zero-order valence-corrected chi connectivity index (χ0v) is 17.2. The van der Waals surface area contributed by atoms with Crippen molar-refractivity contribution in [3.8, 4) is 0 Å². The highest BCUT2D eigenvalue weighted by Crippen LogP contribution is 2.54. The Kier molecular flexibility index (Phi) is 4.70. The number of carbonyl (C=O) groups is 1. The molecule has 4 unspecified atom stereocenters. The van der Waals surface area contributed by atoms with Crippen molar-refractivity contribution in [3.63, 3.8) is 0 Å². The highest BCUT2D eigenvalue weighted by Gasteiger charge is 2.52. The number of ether oxygens (including phenoxy) is 1. The van der Waals surface area contributed by atoms with E-state index in [1.165, 1.54) is 11.3 Å². The first-order valence-electron chi connectivity index (χ1n) is 9.67. The van der Waals surface area contributed by atoms with Gasteiger partial charge in [-0.05, 0) is 53.8 Å². The van der Waals surface area contributed by atoms with Crippen LogP contribution in [0.5, 0.6) is 0 Å². The number of allylic oxidation sites excluding steroid dienone is 1. The minimum absolute atomic E-state index is 0.147. The van der Waals surface area contributed by atoms with Gasteiger partial charge in [0.15, 0.2) is 0 Å². The summed E-state index contributed by atoms with van der Waals surface area (Å²) in [7, 11) is 0. The number of thioether (sulfide) groups is 1. The average Bonchev–Trinajstić information content (AvgIpc) is 3.04. The zero-order valence-electron chi connectivity index (χ0n) is 15.6. The second kappa shape index (κ2) is 6.45. The number of carbonyl (C=O) groups excluding carboxylic acids is 1. The predicted molar refractivity (Wildman–Crippen MR) is 104 cm³/mol. The summed E-state index contributed by atoms with van der Waals surface area (Å²) in [6, 6.07) is 0.399. The fourth-order valence-electron chi connectivity index (χ4n) is 5.80. The van der Waals surface area contributed by atoms with Crippen molar-refractivity contribution in [2.75, 3.05) is 19.8 Å². The fraction of sp³-hybridized carbons (Fsp3) is 0.850. The number of fused-ring (bicyclic) bond motifs is 2. The molecule has 2 saturated heterocycles. The van der Waals surface area contributed by atoms with Gasteiger partial charge in [-0.25, -0.2) is 0 Å². The Bertz CT molecular complexity index is 586. The summed E-state index contributed by atoms with van der Waals surface area (Å²) in [5, 5.41) is 0. The third-order valence-electron chi connectivity index (χ3n) is 6.48. The highest BCUT2D eigenvalue weighted by atomic mass is 35.5. The molecule has 2 bridgehead atoms. The van der Waals surface area contributed by atoms with Gasteiger partial charge in [-0.2, -0.15) is 0 Å². The van der Waals surface area contributed by atoms with Gasteiger partial charge in [-0.15, -0.1) is 23.4 Å². The van der Waals surface area contributed by atoms with Gasteiger partial charge in [0, 0.05) is 25.8 Å². The second-order valence-electron chi connectivity index (χ2n) is 9.63. The van der Waals surface area contributed by atoms with Crippen molar-refractivity contribution in [3.05, 3.63) is 11.0 Å². The number of nitrogens with zero attached hydrogens (tertiary/aromatic N) is 1. The average molecular weight is 384 g/mol. The summed E-state index contributed by atoms with van der Waals surface area (Å²) < 4.78 is 5.33. The molecule has 140 valence electrons. The Morgan fingerprint density at radius 2 is 2.00 bits per heavy atom. The fourth-order valence-corrected chi connectivity index (χ4v) is 7.55. The first-order valence-corrected chi connectivity index (χ1v) is 11.0. The molecule has 4 atom stereocenters. The summed E-state index contributed by atoms with van der Waals surface area (Å²) in [6.07, 6.45) is 7.80. The van der Waals surface area contributed by atoms with Crippen LogP contribution in [0.4, 0.5) is 0 Å². The van der Waals surface area contributed by atoms with Crippen LogP contribution in [0.25, 0.3) is 0 Å². The Labute approximate surface area is 160 Å². The van der Waals surface area contributed by atoms with E-state index in [-0.39, 0.29) is 21.9 Å². The van der Waals surface area contributed by atoms with Crippen LogP contribution in [0.1, 0.15) is 52.9 Å². The Balaban J connectivity index is 1.50. The van der Waals surface area contributed by atoms with Gasteiger partial charge < -0.3 is 9.64 Å². The molecule has 4 rings (SSSR count). The molecule has 1 aliphatic carbocycles. The van der Waals surface area contributed by atoms with Crippen LogP contribution in [0.2, 0.25) is 0 Å². The third kappa shape index (κ3) is 3.51. The van der Waals surface area contributed by atoms with Crippen molar-refractivity contribution in [1.29, 1.82) is 0 Å². The van der Waals surface area contributed by atoms with Crippen LogP contribution in [-0.4, -0.2) is 41.3 Å². The van der Waals surface area contributed by atoms with E-state index in [0.29, 0.717) is 17.4 Å². The molecule has 3 heterocycles. The van der Waals surface area contributed by atoms with E-state index in [9.17, 15) is 4.79 Å². The molecule has 0 spiro atoms. The van der Waals surface area contributed by atoms with Crippen molar-refractivity contribution < 1.29 is 9.53 Å². The van der Waals surface area contributed by atoms with Gasteiger partial charge in [-0.3, -0.25) is 4.79 Å². The van der Waals surface area contributed by atoms with Crippen LogP contribution in [0.15, 0.2) is 11.0 Å². The van der Waals surface area contributed by atoms with Crippen molar-refractivity contribution in [2.24, 2.45) is 22.7 Å². The summed E-state index contributed by atoms with van der Waals surface area (Å²) >= 11 is 8.35. The Hall–Kier alpha value is -0.190. The van der Waals surface area contributed by atoms with Crippen LogP contribution < -0.4 is 0 Å². The number of amides is 1. The summed E-state index contributed by atoms with van der Waals surface area (Å²) in [6.45, 7) is 9.63. The number of alkyl halides is 1. The number of hydrogen-bond acceptors (Lipinski definition) is 3. The largest absolute Gasteiger partial charge is 0.381 e. The molecule has 1 amide bonds. The lowest BCUT2D eigenvalue weighted by molar-refractivity contribution is -0.134.